The van der Waals surface area contributed by atoms with Crippen LogP contribution in [0.4, 0.5) is 0 Å². The Labute approximate surface area is 121 Å². The highest BCUT2D eigenvalue weighted by atomic mass is 16.4. The van der Waals surface area contributed by atoms with Crippen LogP contribution >= 0.6 is 0 Å². The predicted molar refractivity (Wildman–Crippen MR) is 77.4 cm³/mol. The van der Waals surface area contributed by atoms with Crippen LogP contribution in [0.3, 0.4) is 0 Å². The van der Waals surface area contributed by atoms with Gasteiger partial charge in [0, 0.05) is 10.9 Å². The lowest BCUT2D eigenvalue weighted by molar-refractivity contribution is -0.148. The van der Waals surface area contributed by atoms with Gasteiger partial charge in [-0.25, -0.2) is 4.79 Å². The van der Waals surface area contributed by atoms with Crippen LogP contribution in [-0.2, 0) is 4.79 Å². The molecule has 0 unspecified atom stereocenters. The number of amides is 1. The van der Waals surface area contributed by atoms with Crippen LogP contribution < -0.4 is 5.32 Å². The molecular formula is C16H17NO4. The zero-order chi connectivity index (χ0) is 15.2. The first-order valence-corrected chi connectivity index (χ1v) is 6.99. The van der Waals surface area contributed by atoms with E-state index in [9.17, 15) is 14.7 Å². The summed E-state index contributed by atoms with van der Waals surface area (Å²) in [6.45, 7) is 3.73. The van der Waals surface area contributed by atoms with Gasteiger partial charge in [-0.2, -0.15) is 0 Å². The summed E-state index contributed by atoms with van der Waals surface area (Å²) in [5.74, 6) is -1.23. The molecule has 5 heteroatoms. The van der Waals surface area contributed by atoms with Crippen molar-refractivity contribution in [1.29, 1.82) is 0 Å². The van der Waals surface area contributed by atoms with E-state index in [1.807, 2.05) is 32.0 Å². The SMILES string of the molecule is Cc1c(C(=O)NC2(C(=O)O)CCC2)oc2c(C)cccc12. The zero-order valence-electron chi connectivity index (χ0n) is 12.0. The molecule has 110 valence electrons. The van der Waals surface area contributed by atoms with Gasteiger partial charge in [0.1, 0.15) is 11.1 Å². The Morgan fingerprint density at radius 1 is 1.29 bits per heavy atom. The number of carbonyl (C=O) groups excluding carboxylic acids is 1. The lowest BCUT2D eigenvalue weighted by Gasteiger charge is -2.37. The molecule has 1 amide bonds. The van der Waals surface area contributed by atoms with E-state index in [0.717, 1.165) is 22.9 Å². The van der Waals surface area contributed by atoms with E-state index >= 15 is 0 Å². The van der Waals surface area contributed by atoms with Gasteiger partial charge < -0.3 is 14.8 Å². The molecular weight excluding hydrogens is 270 g/mol. The fourth-order valence-electron chi connectivity index (χ4n) is 2.80. The highest BCUT2D eigenvalue weighted by Crippen LogP contribution is 2.33. The molecule has 0 saturated heterocycles. The number of hydrogen-bond donors (Lipinski definition) is 2. The van der Waals surface area contributed by atoms with E-state index in [0.29, 0.717) is 18.4 Å². The molecule has 3 rings (SSSR count). The Bertz CT molecular complexity index is 740. The molecule has 1 aromatic carbocycles. The first kappa shape index (κ1) is 13.7. The Balaban J connectivity index is 1.97. The molecule has 1 aliphatic carbocycles. The number of benzene rings is 1. The number of para-hydroxylation sites is 1. The molecule has 2 N–H and O–H groups in total. The van der Waals surface area contributed by atoms with E-state index in [4.69, 9.17) is 4.42 Å². The van der Waals surface area contributed by atoms with Crippen LogP contribution in [0.15, 0.2) is 22.6 Å². The molecule has 1 heterocycles. The average molecular weight is 287 g/mol. The third-order valence-electron chi connectivity index (χ3n) is 4.34. The van der Waals surface area contributed by atoms with Crippen molar-refractivity contribution in [1.82, 2.24) is 5.32 Å². The number of furan rings is 1. The van der Waals surface area contributed by atoms with Crippen molar-refractivity contribution in [2.24, 2.45) is 0 Å². The van der Waals surface area contributed by atoms with E-state index in [-0.39, 0.29) is 5.76 Å². The summed E-state index contributed by atoms with van der Waals surface area (Å²) in [5.41, 5.74) is 1.24. The van der Waals surface area contributed by atoms with Crippen molar-refractivity contribution in [2.45, 2.75) is 38.6 Å². The normalized spacial score (nSPS) is 16.5. The van der Waals surface area contributed by atoms with E-state index in [2.05, 4.69) is 5.32 Å². The third-order valence-corrected chi connectivity index (χ3v) is 4.34. The van der Waals surface area contributed by atoms with Gasteiger partial charge in [0.05, 0.1) is 0 Å². The van der Waals surface area contributed by atoms with Crippen LogP contribution in [0, 0.1) is 13.8 Å². The van der Waals surface area contributed by atoms with Gasteiger partial charge in [-0.1, -0.05) is 18.2 Å². The second-order valence-electron chi connectivity index (χ2n) is 5.70. The number of carboxylic acids is 1. The van der Waals surface area contributed by atoms with E-state index < -0.39 is 17.4 Å². The molecule has 0 radical (unpaired) electrons. The van der Waals surface area contributed by atoms with Crippen molar-refractivity contribution >= 4 is 22.8 Å². The fourth-order valence-corrected chi connectivity index (χ4v) is 2.80. The fraction of sp³-hybridized carbons (Fsp3) is 0.375. The molecule has 1 fully saturated rings. The Morgan fingerprint density at radius 2 is 2.00 bits per heavy atom. The largest absolute Gasteiger partial charge is 0.480 e. The minimum absolute atomic E-state index is 0.201. The number of rotatable bonds is 3. The van der Waals surface area contributed by atoms with Gasteiger partial charge in [-0.05, 0) is 38.7 Å². The monoisotopic (exact) mass is 287 g/mol. The maximum absolute atomic E-state index is 12.4. The number of hydrogen-bond acceptors (Lipinski definition) is 3. The molecule has 0 bridgehead atoms. The molecule has 1 aromatic heterocycles. The second-order valence-corrected chi connectivity index (χ2v) is 5.70. The van der Waals surface area contributed by atoms with Gasteiger partial charge in [0.25, 0.3) is 5.91 Å². The molecule has 21 heavy (non-hydrogen) atoms. The van der Waals surface area contributed by atoms with E-state index in [1.54, 1.807) is 0 Å². The highest BCUT2D eigenvalue weighted by molar-refractivity contribution is 6.01. The molecule has 0 atom stereocenters. The molecule has 1 aliphatic rings. The quantitative estimate of drug-likeness (QED) is 0.909. The van der Waals surface area contributed by atoms with Crippen molar-refractivity contribution in [3.63, 3.8) is 0 Å². The lowest BCUT2D eigenvalue weighted by Crippen LogP contribution is -2.59. The Kier molecular flexibility index (Phi) is 3.01. The summed E-state index contributed by atoms with van der Waals surface area (Å²) in [6, 6.07) is 5.72. The summed E-state index contributed by atoms with van der Waals surface area (Å²) >= 11 is 0. The zero-order valence-corrected chi connectivity index (χ0v) is 12.0. The number of aliphatic carboxylic acids is 1. The minimum atomic E-state index is -1.13. The summed E-state index contributed by atoms with van der Waals surface area (Å²) in [6.07, 6.45) is 1.74. The number of aryl methyl sites for hydroxylation is 2. The van der Waals surface area contributed by atoms with Crippen molar-refractivity contribution < 1.29 is 19.1 Å². The van der Waals surface area contributed by atoms with Crippen LogP contribution in [0.2, 0.25) is 0 Å². The number of nitrogens with one attached hydrogen (secondary N) is 1. The second kappa shape index (κ2) is 4.62. The average Bonchev–Trinajstić information content (AvgIpc) is 2.73. The van der Waals surface area contributed by atoms with Crippen molar-refractivity contribution in [3.05, 3.63) is 35.1 Å². The Morgan fingerprint density at radius 3 is 2.52 bits per heavy atom. The van der Waals surface area contributed by atoms with Crippen molar-refractivity contribution in [3.8, 4) is 0 Å². The molecule has 5 nitrogen and oxygen atoms in total. The molecule has 1 saturated carbocycles. The maximum atomic E-state index is 12.4. The van der Waals surface area contributed by atoms with Gasteiger partial charge in [-0.15, -0.1) is 0 Å². The standard InChI is InChI=1S/C16H17NO4/c1-9-5-3-6-11-10(2)13(21-12(9)11)14(18)17-16(15(19)20)7-4-8-16/h3,5-6H,4,7-8H2,1-2H3,(H,17,18)(H,19,20). The van der Waals surface area contributed by atoms with Gasteiger partial charge in [0.15, 0.2) is 5.76 Å². The first-order chi connectivity index (χ1) is 9.94. The minimum Gasteiger partial charge on any atom is -0.480 e. The highest BCUT2D eigenvalue weighted by Gasteiger charge is 2.46. The summed E-state index contributed by atoms with van der Waals surface area (Å²) in [7, 11) is 0. The summed E-state index contributed by atoms with van der Waals surface area (Å²) in [4.78, 5) is 23.7. The number of carboxylic acid groups (broad SMARTS) is 1. The molecule has 0 aliphatic heterocycles. The first-order valence-electron chi connectivity index (χ1n) is 6.99. The summed E-state index contributed by atoms with van der Waals surface area (Å²) in [5, 5.41) is 12.8. The summed E-state index contributed by atoms with van der Waals surface area (Å²) < 4.78 is 5.68. The topological polar surface area (TPSA) is 79.5 Å². The van der Waals surface area contributed by atoms with Crippen molar-refractivity contribution in [2.75, 3.05) is 0 Å². The van der Waals surface area contributed by atoms with Crippen LogP contribution in [0.25, 0.3) is 11.0 Å². The van der Waals surface area contributed by atoms with E-state index in [1.165, 1.54) is 0 Å². The number of fused-ring (bicyclic) bond motifs is 1. The van der Waals surface area contributed by atoms with Gasteiger partial charge in [0.2, 0.25) is 0 Å². The van der Waals surface area contributed by atoms with Crippen LogP contribution in [0.1, 0.15) is 40.9 Å². The third kappa shape index (κ3) is 2.00. The van der Waals surface area contributed by atoms with Crippen LogP contribution in [-0.4, -0.2) is 22.5 Å². The smallest absolute Gasteiger partial charge is 0.329 e. The molecule has 2 aromatic rings. The van der Waals surface area contributed by atoms with Gasteiger partial charge in [-0.3, -0.25) is 4.79 Å². The predicted octanol–water partition coefficient (Wildman–Crippen LogP) is 2.79. The Hall–Kier alpha value is -2.30. The van der Waals surface area contributed by atoms with Crippen LogP contribution in [0.5, 0.6) is 0 Å². The molecule has 0 spiro atoms. The lowest BCUT2D eigenvalue weighted by atomic mass is 9.76. The van der Waals surface area contributed by atoms with Gasteiger partial charge >= 0.3 is 5.97 Å². The maximum Gasteiger partial charge on any atom is 0.329 e. The number of carbonyl (C=O) groups is 2.